The van der Waals surface area contributed by atoms with Gasteiger partial charge in [-0.25, -0.2) is 0 Å². The van der Waals surface area contributed by atoms with Crippen molar-refractivity contribution >= 4 is 23.2 Å². The molecule has 2 amide bonds. The van der Waals surface area contributed by atoms with Gasteiger partial charge in [0.25, 0.3) is 0 Å². The smallest absolute Gasteiger partial charge is 0.232 e. The van der Waals surface area contributed by atoms with Crippen LogP contribution in [-0.2, 0) is 9.59 Å². The predicted molar refractivity (Wildman–Crippen MR) is 110 cm³/mol. The number of para-hydroxylation sites is 2. The summed E-state index contributed by atoms with van der Waals surface area (Å²) in [4.78, 5) is 29.5. The highest BCUT2D eigenvalue weighted by molar-refractivity contribution is 5.99. The number of anilines is 2. The molecule has 3 rings (SSSR count). The van der Waals surface area contributed by atoms with Gasteiger partial charge in [0.05, 0.1) is 6.04 Å². The molecule has 1 aliphatic heterocycles. The Morgan fingerprint density at radius 3 is 2.19 bits per heavy atom. The molecule has 4 heteroatoms. The number of hydrogen-bond donors (Lipinski definition) is 0. The second-order valence-corrected chi connectivity index (χ2v) is 8.31. The second-order valence-electron chi connectivity index (χ2n) is 8.31. The lowest BCUT2D eigenvalue weighted by Crippen LogP contribution is -2.49. The number of benzene rings is 2. The first-order chi connectivity index (χ1) is 12.7. The summed E-state index contributed by atoms with van der Waals surface area (Å²) < 4.78 is 0. The molecule has 0 aliphatic carbocycles. The van der Waals surface area contributed by atoms with E-state index in [2.05, 4.69) is 6.92 Å². The third-order valence-corrected chi connectivity index (χ3v) is 5.11. The average Bonchev–Trinajstić information content (AvgIpc) is 2.61. The second kappa shape index (κ2) is 7.18. The molecule has 0 unspecified atom stereocenters. The fourth-order valence-corrected chi connectivity index (χ4v) is 3.89. The minimum atomic E-state index is -0.508. The lowest BCUT2D eigenvalue weighted by Gasteiger charge is -2.44. The molecule has 0 bridgehead atoms. The third kappa shape index (κ3) is 3.61. The number of fused-ring (bicyclic) bond motifs is 1. The minimum absolute atomic E-state index is 0.0152. The molecule has 2 aromatic carbocycles. The quantitative estimate of drug-likeness (QED) is 0.756. The normalized spacial score (nSPS) is 19.4. The van der Waals surface area contributed by atoms with E-state index in [1.807, 2.05) is 85.2 Å². The van der Waals surface area contributed by atoms with Crippen LogP contribution in [0.1, 0.15) is 52.6 Å². The van der Waals surface area contributed by atoms with E-state index in [4.69, 9.17) is 0 Å². The van der Waals surface area contributed by atoms with Gasteiger partial charge < -0.3 is 9.80 Å². The summed E-state index contributed by atoms with van der Waals surface area (Å²) in [6, 6.07) is 17.7. The Morgan fingerprint density at radius 2 is 1.59 bits per heavy atom. The molecule has 2 aromatic rings. The molecule has 0 spiro atoms. The van der Waals surface area contributed by atoms with E-state index in [1.54, 1.807) is 6.92 Å². The van der Waals surface area contributed by atoms with Crippen molar-refractivity contribution in [3.05, 3.63) is 60.2 Å². The fraction of sp³-hybridized carbons (Fsp3) is 0.391. The number of amides is 2. The van der Waals surface area contributed by atoms with Gasteiger partial charge in [0.1, 0.15) is 0 Å². The fourth-order valence-electron chi connectivity index (χ4n) is 3.89. The molecule has 1 aliphatic rings. The van der Waals surface area contributed by atoms with Crippen LogP contribution in [0.15, 0.2) is 54.6 Å². The van der Waals surface area contributed by atoms with Crippen molar-refractivity contribution in [2.24, 2.45) is 5.41 Å². The zero-order chi connectivity index (χ0) is 19.8. The number of carbonyl (C=O) groups excluding carboxylic acids is 2. The van der Waals surface area contributed by atoms with Gasteiger partial charge in [0.15, 0.2) is 0 Å². The Morgan fingerprint density at radius 1 is 1.00 bits per heavy atom. The molecule has 0 saturated carbocycles. The molecule has 142 valence electrons. The van der Waals surface area contributed by atoms with E-state index >= 15 is 0 Å². The molecule has 2 atom stereocenters. The van der Waals surface area contributed by atoms with Crippen LogP contribution < -0.4 is 9.80 Å². The summed E-state index contributed by atoms with van der Waals surface area (Å²) in [6.07, 6.45) is 0.702. The summed E-state index contributed by atoms with van der Waals surface area (Å²) in [5.41, 5.74) is 2.30. The summed E-state index contributed by atoms with van der Waals surface area (Å²) in [5, 5.41) is 0. The number of nitrogens with zero attached hydrogens (tertiary/aromatic N) is 2. The van der Waals surface area contributed by atoms with E-state index < -0.39 is 5.41 Å². The number of rotatable bonds is 2. The van der Waals surface area contributed by atoms with Crippen LogP contribution in [0.3, 0.4) is 0 Å². The Hall–Kier alpha value is -2.62. The van der Waals surface area contributed by atoms with Crippen molar-refractivity contribution in [1.82, 2.24) is 0 Å². The number of carbonyl (C=O) groups is 2. The van der Waals surface area contributed by atoms with E-state index in [9.17, 15) is 9.59 Å². The van der Waals surface area contributed by atoms with Crippen molar-refractivity contribution in [1.29, 1.82) is 0 Å². The Bertz CT molecular complexity index is 839. The minimum Gasteiger partial charge on any atom is -0.309 e. The average molecular weight is 364 g/mol. The first-order valence-electron chi connectivity index (χ1n) is 9.49. The molecule has 0 saturated heterocycles. The predicted octanol–water partition coefficient (Wildman–Crippen LogP) is 4.95. The van der Waals surface area contributed by atoms with E-state index in [1.165, 1.54) is 0 Å². The summed E-state index contributed by atoms with van der Waals surface area (Å²) in [5.74, 6) is 0.110. The van der Waals surface area contributed by atoms with Gasteiger partial charge >= 0.3 is 0 Å². The lowest BCUT2D eigenvalue weighted by molar-refractivity contribution is -0.126. The first kappa shape index (κ1) is 19.2. The van der Waals surface area contributed by atoms with Gasteiger partial charge in [-0.2, -0.15) is 0 Å². The number of hydrogen-bond acceptors (Lipinski definition) is 2. The summed E-state index contributed by atoms with van der Waals surface area (Å²) in [6.45, 7) is 9.50. The highest BCUT2D eigenvalue weighted by Gasteiger charge is 2.40. The lowest BCUT2D eigenvalue weighted by atomic mass is 9.87. The van der Waals surface area contributed by atoms with Crippen LogP contribution in [0, 0.1) is 5.41 Å². The maximum Gasteiger partial charge on any atom is 0.232 e. The Balaban J connectivity index is 2.16. The van der Waals surface area contributed by atoms with Crippen LogP contribution in [0.25, 0.3) is 0 Å². The van der Waals surface area contributed by atoms with Crippen molar-refractivity contribution in [3.63, 3.8) is 0 Å². The van der Waals surface area contributed by atoms with E-state index in [0.717, 1.165) is 16.9 Å². The first-order valence-corrected chi connectivity index (χ1v) is 9.49. The summed E-state index contributed by atoms with van der Waals surface area (Å²) in [7, 11) is 0. The Kier molecular flexibility index (Phi) is 5.09. The zero-order valence-corrected chi connectivity index (χ0v) is 16.8. The topological polar surface area (TPSA) is 40.6 Å². The molecule has 0 aromatic heterocycles. The van der Waals surface area contributed by atoms with E-state index in [0.29, 0.717) is 6.42 Å². The third-order valence-electron chi connectivity index (χ3n) is 5.11. The van der Waals surface area contributed by atoms with Gasteiger partial charge in [0.2, 0.25) is 11.8 Å². The standard InChI is InChI=1S/C23H28N2O2/c1-16-15-21(19-13-9-10-14-20(19)24(16)17(2)26)25(22(27)23(3,4)5)18-11-7-6-8-12-18/h6-14,16,21H,15H2,1-5H3/t16-,21-/m1/s1. The molecule has 1 heterocycles. The van der Waals surface area contributed by atoms with Crippen LogP contribution >= 0.6 is 0 Å². The highest BCUT2D eigenvalue weighted by atomic mass is 16.2. The maximum absolute atomic E-state index is 13.4. The largest absolute Gasteiger partial charge is 0.309 e. The molecule has 0 N–H and O–H groups in total. The van der Waals surface area contributed by atoms with Crippen molar-refractivity contribution in [2.45, 2.75) is 53.1 Å². The van der Waals surface area contributed by atoms with Gasteiger partial charge in [-0.1, -0.05) is 57.2 Å². The van der Waals surface area contributed by atoms with E-state index in [-0.39, 0.29) is 23.9 Å². The molecular weight excluding hydrogens is 336 g/mol. The van der Waals surface area contributed by atoms with Crippen molar-refractivity contribution < 1.29 is 9.59 Å². The monoisotopic (exact) mass is 364 g/mol. The van der Waals surface area contributed by atoms with Crippen LogP contribution in [0.5, 0.6) is 0 Å². The molecule has 0 radical (unpaired) electrons. The Labute approximate surface area is 161 Å². The molecule has 4 nitrogen and oxygen atoms in total. The zero-order valence-electron chi connectivity index (χ0n) is 16.8. The van der Waals surface area contributed by atoms with Crippen LogP contribution in [0.4, 0.5) is 11.4 Å². The van der Waals surface area contributed by atoms with Gasteiger partial charge in [-0.15, -0.1) is 0 Å². The van der Waals surface area contributed by atoms with Gasteiger partial charge in [-0.3, -0.25) is 9.59 Å². The molecule has 27 heavy (non-hydrogen) atoms. The van der Waals surface area contributed by atoms with Crippen molar-refractivity contribution in [3.8, 4) is 0 Å². The molecular formula is C23H28N2O2. The van der Waals surface area contributed by atoms with Crippen LogP contribution in [0.2, 0.25) is 0 Å². The maximum atomic E-state index is 13.4. The molecule has 0 fully saturated rings. The SMILES string of the molecule is CC(=O)N1c2ccccc2[C@H](N(C(=O)C(C)(C)C)c2ccccc2)C[C@H]1C. The van der Waals surface area contributed by atoms with Gasteiger partial charge in [0, 0.05) is 29.8 Å². The summed E-state index contributed by atoms with van der Waals surface area (Å²) >= 11 is 0. The van der Waals surface area contributed by atoms with Crippen LogP contribution in [-0.4, -0.2) is 17.9 Å². The highest BCUT2D eigenvalue weighted by Crippen LogP contribution is 2.43. The van der Waals surface area contributed by atoms with Gasteiger partial charge in [-0.05, 0) is 37.1 Å². The van der Waals surface area contributed by atoms with Crippen molar-refractivity contribution in [2.75, 3.05) is 9.80 Å².